The molecular weight excluding hydrogens is 381 g/mol. The molecule has 1 fully saturated rings. The number of hydrogen-bond acceptors (Lipinski definition) is 4. The molecule has 0 saturated carbocycles. The highest BCUT2D eigenvalue weighted by molar-refractivity contribution is 7.89. The zero-order valence-electron chi connectivity index (χ0n) is 16.0. The maximum absolute atomic E-state index is 13.5. The first-order valence-corrected chi connectivity index (χ1v) is 10.7. The van der Waals surface area contributed by atoms with E-state index in [1.807, 2.05) is 19.1 Å². The van der Waals surface area contributed by atoms with Crippen molar-refractivity contribution in [3.05, 3.63) is 60.2 Å². The van der Waals surface area contributed by atoms with E-state index in [1.165, 1.54) is 22.5 Å². The molecule has 150 valence electrons. The molecule has 1 aliphatic rings. The molecule has 0 unspecified atom stereocenters. The molecule has 28 heavy (non-hydrogen) atoms. The number of aromatic nitrogens is 1. The summed E-state index contributed by atoms with van der Waals surface area (Å²) in [5, 5.41) is 0. The number of aryl methyl sites for hydroxylation is 1. The second-order valence-corrected chi connectivity index (χ2v) is 8.89. The lowest BCUT2D eigenvalue weighted by Crippen LogP contribution is -2.60. The maximum Gasteiger partial charge on any atom is 0.243 e. The molecule has 0 bridgehead atoms. The summed E-state index contributed by atoms with van der Waals surface area (Å²) in [4.78, 5) is 18.4. The zero-order valence-corrected chi connectivity index (χ0v) is 16.8. The third-order valence-corrected chi connectivity index (χ3v) is 7.26. The van der Waals surface area contributed by atoms with Gasteiger partial charge >= 0.3 is 0 Å². The Hall–Kier alpha value is -2.32. The normalized spacial score (nSPS) is 20.9. The van der Waals surface area contributed by atoms with Gasteiger partial charge in [-0.05, 0) is 50.1 Å². The highest BCUT2D eigenvalue weighted by atomic mass is 32.2. The molecule has 1 aromatic heterocycles. The monoisotopic (exact) mass is 405 g/mol. The summed E-state index contributed by atoms with van der Waals surface area (Å²) >= 11 is 0. The Kier molecular flexibility index (Phi) is 6.10. The summed E-state index contributed by atoms with van der Waals surface area (Å²) in [5.41, 5.74) is 0.990. The molecule has 2 aromatic rings. The van der Waals surface area contributed by atoms with E-state index in [-0.39, 0.29) is 23.4 Å². The molecule has 8 heteroatoms. The number of sulfonamides is 1. The summed E-state index contributed by atoms with van der Waals surface area (Å²) in [7, 11) is -3.82. The van der Waals surface area contributed by atoms with Gasteiger partial charge in [-0.2, -0.15) is 4.31 Å². The summed E-state index contributed by atoms with van der Waals surface area (Å²) < 4.78 is 40.7. The topological polar surface area (TPSA) is 70.6 Å². The van der Waals surface area contributed by atoms with Gasteiger partial charge in [-0.15, -0.1) is 0 Å². The number of amides is 1. The van der Waals surface area contributed by atoms with Crippen LogP contribution in [0.25, 0.3) is 0 Å². The zero-order chi connectivity index (χ0) is 20.3. The van der Waals surface area contributed by atoms with E-state index in [0.29, 0.717) is 19.4 Å². The van der Waals surface area contributed by atoms with E-state index in [9.17, 15) is 17.6 Å². The SMILES string of the molecule is C[C@@H]1[C@H](C)N(C(=O)CCc2cccnc2)CCN1S(=O)(=O)c1cccc(F)c1. The van der Waals surface area contributed by atoms with Crippen LogP contribution in [0.15, 0.2) is 53.7 Å². The number of carbonyl (C=O) groups is 1. The van der Waals surface area contributed by atoms with Crippen LogP contribution < -0.4 is 0 Å². The molecule has 6 nitrogen and oxygen atoms in total. The van der Waals surface area contributed by atoms with Crippen LogP contribution in [0.3, 0.4) is 0 Å². The van der Waals surface area contributed by atoms with Crippen LogP contribution in [-0.4, -0.2) is 53.7 Å². The van der Waals surface area contributed by atoms with Gasteiger partial charge in [0.1, 0.15) is 5.82 Å². The number of benzene rings is 1. The smallest absolute Gasteiger partial charge is 0.243 e. The van der Waals surface area contributed by atoms with Gasteiger partial charge in [0.2, 0.25) is 15.9 Å². The number of nitrogens with zero attached hydrogens (tertiary/aromatic N) is 3. The lowest BCUT2D eigenvalue weighted by molar-refractivity contribution is -0.136. The van der Waals surface area contributed by atoms with Crippen molar-refractivity contribution >= 4 is 15.9 Å². The standard InChI is InChI=1S/C20H24FN3O3S/c1-15-16(2)24(28(26,27)19-7-3-6-18(21)13-19)12-11-23(15)20(25)9-8-17-5-4-10-22-14-17/h3-7,10,13-16H,8-9,11-12H2,1-2H3/t15-,16+/m0/s1. The lowest BCUT2D eigenvalue weighted by atomic mass is 10.1. The van der Waals surface area contributed by atoms with Crippen LogP contribution >= 0.6 is 0 Å². The van der Waals surface area contributed by atoms with Crippen molar-refractivity contribution in [2.24, 2.45) is 0 Å². The van der Waals surface area contributed by atoms with Crippen LogP contribution in [0.1, 0.15) is 25.8 Å². The Bertz CT molecular complexity index is 937. The van der Waals surface area contributed by atoms with E-state index >= 15 is 0 Å². The van der Waals surface area contributed by atoms with Crippen molar-refractivity contribution < 1.29 is 17.6 Å². The summed E-state index contributed by atoms with van der Waals surface area (Å²) in [5.74, 6) is -0.600. The van der Waals surface area contributed by atoms with E-state index < -0.39 is 21.9 Å². The van der Waals surface area contributed by atoms with Gasteiger partial charge in [-0.3, -0.25) is 9.78 Å². The van der Waals surface area contributed by atoms with Gasteiger partial charge in [0, 0.05) is 44.0 Å². The first-order chi connectivity index (χ1) is 13.3. The van der Waals surface area contributed by atoms with E-state index in [4.69, 9.17) is 0 Å². The third kappa shape index (κ3) is 4.23. The summed E-state index contributed by atoms with van der Waals surface area (Å²) in [6, 6.07) is 8.08. The number of rotatable bonds is 5. The van der Waals surface area contributed by atoms with Crippen molar-refractivity contribution in [2.45, 2.75) is 43.7 Å². The Labute approximate surface area is 165 Å². The average molecular weight is 405 g/mol. The van der Waals surface area contributed by atoms with Gasteiger partial charge < -0.3 is 4.90 Å². The lowest BCUT2D eigenvalue weighted by Gasteiger charge is -2.44. The first kappa shape index (κ1) is 20.4. The predicted molar refractivity (Wildman–Crippen MR) is 103 cm³/mol. The molecule has 0 radical (unpaired) electrons. The van der Waals surface area contributed by atoms with E-state index in [2.05, 4.69) is 4.98 Å². The largest absolute Gasteiger partial charge is 0.337 e. The second-order valence-electron chi connectivity index (χ2n) is 7.00. The maximum atomic E-state index is 13.5. The van der Waals surface area contributed by atoms with Crippen LogP contribution in [0.4, 0.5) is 4.39 Å². The van der Waals surface area contributed by atoms with E-state index in [1.54, 1.807) is 24.2 Å². The summed E-state index contributed by atoms with van der Waals surface area (Å²) in [6.45, 7) is 4.12. The fraction of sp³-hybridized carbons (Fsp3) is 0.400. The fourth-order valence-electron chi connectivity index (χ4n) is 3.51. The van der Waals surface area contributed by atoms with E-state index in [0.717, 1.165) is 11.6 Å². The molecule has 1 saturated heterocycles. The quantitative estimate of drug-likeness (QED) is 0.766. The average Bonchev–Trinajstić information content (AvgIpc) is 2.68. The summed E-state index contributed by atoms with van der Waals surface area (Å²) in [6.07, 6.45) is 4.37. The second kappa shape index (κ2) is 8.36. The van der Waals surface area contributed by atoms with Gasteiger partial charge in [-0.25, -0.2) is 12.8 Å². The van der Waals surface area contributed by atoms with Gasteiger partial charge in [-0.1, -0.05) is 12.1 Å². The number of pyridine rings is 1. The third-order valence-electron chi connectivity index (χ3n) is 5.28. The molecular formula is C20H24FN3O3S. The number of carbonyl (C=O) groups excluding carboxylic acids is 1. The van der Waals surface area contributed by atoms with Crippen molar-refractivity contribution in [3.8, 4) is 0 Å². The van der Waals surface area contributed by atoms with Crippen LogP contribution in [0, 0.1) is 5.82 Å². The molecule has 1 aliphatic heterocycles. The highest BCUT2D eigenvalue weighted by Gasteiger charge is 2.39. The van der Waals surface area contributed by atoms with Crippen LogP contribution in [-0.2, 0) is 21.2 Å². The molecule has 2 atom stereocenters. The predicted octanol–water partition coefficient (Wildman–Crippen LogP) is 2.46. The Morgan fingerprint density at radius 1 is 1.18 bits per heavy atom. The van der Waals surface area contributed by atoms with Gasteiger partial charge in [0.25, 0.3) is 0 Å². The van der Waals surface area contributed by atoms with Gasteiger partial charge in [0.15, 0.2) is 0 Å². The number of hydrogen-bond donors (Lipinski definition) is 0. The highest BCUT2D eigenvalue weighted by Crippen LogP contribution is 2.26. The number of halogens is 1. The molecule has 3 rings (SSSR count). The Balaban J connectivity index is 1.69. The Morgan fingerprint density at radius 3 is 2.64 bits per heavy atom. The van der Waals surface area contributed by atoms with Crippen molar-refractivity contribution in [2.75, 3.05) is 13.1 Å². The van der Waals surface area contributed by atoms with Crippen molar-refractivity contribution in [1.29, 1.82) is 0 Å². The molecule has 0 aliphatic carbocycles. The van der Waals surface area contributed by atoms with Crippen molar-refractivity contribution in [3.63, 3.8) is 0 Å². The van der Waals surface area contributed by atoms with Crippen LogP contribution in [0.2, 0.25) is 0 Å². The molecule has 1 aromatic carbocycles. The Morgan fingerprint density at radius 2 is 1.96 bits per heavy atom. The minimum Gasteiger partial charge on any atom is -0.337 e. The molecule has 0 N–H and O–H groups in total. The molecule has 0 spiro atoms. The minimum absolute atomic E-state index is 0.00833. The van der Waals surface area contributed by atoms with Crippen molar-refractivity contribution in [1.82, 2.24) is 14.2 Å². The molecule has 2 heterocycles. The number of piperazine rings is 1. The van der Waals surface area contributed by atoms with Crippen LogP contribution in [0.5, 0.6) is 0 Å². The minimum atomic E-state index is -3.82. The van der Waals surface area contributed by atoms with Gasteiger partial charge in [0.05, 0.1) is 4.90 Å². The fourth-order valence-corrected chi connectivity index (χ4v) is 5.23. The molecule has 1 amide bonds. The first-order valence-electron chi connectivity index (χ1n) is 9.26.